The number of nitrogens with one attached hydrogen (secondary N) is 1. The van der Waals surface area contributed by atoms with Crippen LogP contribution < -0.4 is 5.73 Å². The third-order valence-electron chi connectivity index (χ3n) is 2.17. The van der Waals surface area contributed by atoms with Crippen LogP contribution in [0.4, 0.5) is 5.82 Å². The van der Waals surface area contributed by atoms with Crippen molar-refractivity contribution in [2.75, 3.05) is 5.73 Å². The lowest BCUT2D eigenvalue weighted by molar-refractivity contribution is 0.103. The minimum Gasteiger partial charge on any atom is -0.383 e. The molecule has 0 bridgehead atoms. The number of aryl methyl sites for hydroxylation is 2. The zero-order chi connectivity index (χ0) is 11.0. The number of nitrogens with zero attached hydrogens (tertiary/aromatic N) is 3. The quantitative estimate of drug-likeness (QED) is 0.688. The Balaban J connectivity index is 2.45. The van der Waals surface area contributed by atoms with Crippen LogP contribution in [0.3, 0.4) is 0 Å². The van der Waals surface area contributed by atoms with Crippen LogP contribution in [0, 0.1) is 6.92 Å². The van der Waals surface area contributed by atoms with Gasteiger partial charge in [0, 0.05) is 13.2 Å². The van der Waals surface area contributed by atoms with Crippen molar-refractivity contribution in [3.63, 3.8) is 0 Å². The van der Waals surface area contributed by atoms with Crippen molar-refractivity contribution >= 4 is 11.6 Å². The Hall–Kier alpha value is -2.11. The highest BCUT2D eigenvalue weighted by molar-refractivity contribution is 6.11. The van der Waals surface area contributed by atoms with Crippen LogP contribution in [0.15, 0.2) is 12.4 Å². The van der Waals surface area contributed by atoms with Gasteiger partial charge in [-0.05, 0) is 6.92 Å². The predicted octanol–water partition coefficient (Wildman–Crippen LogP) is 0.265. The Kier molecular flexibility index (Phi) is 2.03. The third kappa shape index (κ3) is 1.50. The molecule has 0 saturated carbocycles. The van der Waals surface area contributed by atoms with Gasteiger partial charge in [0.1, 0.15) is 5.82 Å². The maximum atomic E-state index is 12.0. The van der Waals surface area contributed by atoms with Crippen molar-refractivity contribution in [3.05, 3.63) is 29.2 Å². The number of aromatic amines is 1. The smallest absolute Gasteiger partial charge is 0.201 e. The molecule has 0 spiro atoms. The summed E-state index contributed by atoms with van der Waals surface area (Å²) in [6.45, 7) is 1.78. The Labute approximate surface area is 86.1 Å². The van der Waals surface area contributed by atoms with Gasteiger partial charge < -0.3 is 5.73 Å². The van der Waals surface area contributed by atoms with Crippen LogP contribution >= 0.6 is 0 Å². The van der Waals surface area contributed by atoms with Gasteiger partial charge in [-0.3, -0.25) is 14.6 Å². The number of hydrogen-bond acceptors (Lipinski definition) is 4. The number of ketones is 1. The van der Waals surface area contributed by atoms with Gasteiger partial charge in [0.15, 0.2) is 0 Å². The molecule has 2 heterocycles. The van der Waals surface area contributed by atoms with Gasteiger partial charge in [0.05, 0.1) is 23.0 Å². The second-order valence-electron chi connectivity index (χ2n) is 3.33. The number of anilines is 1. The minimum absolute atomic E-state index is 0.160. The zero-order valence-corrected chi connectivity index (χ0v) is 8.48. The van der Waals surface area contributed by atoms with Gasteiger partial charge in [-0.1, -0.05) is 0 Å². The Morgan fingerprint density at radius 2 is 2.27 bits per heavy atom. The van der Waals surface area contributed by atoms with Crippen LogP contribution in [-0.2, 0) is 7.05 Å². The Morgan fingerprint density at radius 3 is 2.73 bits per heavy atom. The first kappa shape index (κ1) is 9.45. The molecule has 0 aliphatic heterocycles. The highest BCUT2D eigenvalue weighted by Crippen LogP contribution is 2.15. The molecule has 78 valence electrons. The Bertz CT molecular complexity index is 510. The van der Waals surface area contributed by atoms with Crippen molar-refractivity contribution in [1.29, 1.82) is 0 Å². The number of nitrogens with two attached hydrogens (primary N) is 1. The first-order valence-electron chi connectivity index (χ1n) is 4.43. The summed E-state index contributed by atoms with van der Waals surface area (Å²) in [5, 5.41) is 10.3. The van der Waals surface area contributed by atoms with E-state index in [9.17, 15) is 4.79 Å². The van der Waals surface area contributed by atoms with E-state index >= 15 is 0 Å². The number of aromatic nitrogens is 4. The third-order valence-corrected chi connectivity index (χ3v) is 2.17. The van der Waals surface area contributed by atoms with Crippen LogP contribution in [0.5, 0.6) is 0 Å². The van der Waals surface area contributed by atoms with E-state index in [0.29, 0.717) is 16.8 Å². The van der Waals surface area contributed by atoms with E-state index in [2.05, 4.69) is 15.3 Å². The van der Waals surface area contributed by atoms with Crippen molar-refractivity contribution in [1.82, 2.24) is 20.0 Å². The van der Waals surface area contributed by atoms with Crippen molar-refractivity contribution < 1.29 is 4.79 Å². The normalized spacial score (nSPS) is 10.5. The van der Waals surface area contributed by atoms with Gasteiger partial charge in [0.25, 0.3) is 0 Å². The van der Waals surface area contributed by atoms with Gasteiger partial charge in [0.2, 0.25) is 5.78 Å². The van der Waals surface area contributed by atoms with Gasteiger partial charge in [-0.15, -0.1) is 0 Å². The minimum atomic E-state index is -0.160. The fourth-order valence-corrected chi connectivity index (χ4v) is 1.44. The van der Waals surface area contributed by atoms with E-state index in [-0.39, 0.29) is 11.6 Å². The second kappa shape index (κ2) is 3.23. The van der Waals surface area contributed by atoms with E-state index in [4.69, 9.17) is 5.73 Å². The molecule has 15 heavy (non-hydrogen) atoms. The molecule has 0 aliphatic rings. The summed E-state index contributed by atoms with van der Waals surface area (Å²) < 4.78 is 1.60. The molecule has 0 radical (unpaired) electrons. The molecular formula is C9H11N5O. The first-order chi connectivity index (χ1) is 7.09. The van der Waals surface area contributed by atoms with Gasteiger partial charge >= 0.3 is 0 Å². The zero-order valence-electron chi connectivity index (χ0n) is 8.48. The number of nitrogen functional groups attached to an aromatic ring is 1. The lowest BCUT2D eigenvalue weighted by atomic mass is 10.1. The van der Waals surface area contributed by atoms with Crippen LogP contribution in [-0.4, -0.2) is 25.8 Å². The topological polar surface area (TPSA) is 89.6 Å². The largest absolute Gasteiger partial charge is 0.383 e. The highest BCUT2D eigenvalue weighted by atomic mass is 16.1. The van der Waals surface area contributed by atoms with Crippen LogP contribution in [0.2, 0.25) is 0 Å². The van der Waals surface area contributed by atoms with E-state index in [1.165, 1.54) is 6.20 Å². The molecule has 0 amide bonds. The van der Waals surface area contributed by atoms with Gasteiger partial charge in [-0.2, -0.15) is 10.2 Å². The molecule has 0 unspecified atom stereocenters. The lowest BCUT2D eigenvalue weighted by Gasteiger charge is -1.95. The average molecular weight is 205 g/mol. The van der Waals surface area contributed by atoms with Crippen molar-refractivity contribution in [2.24, 2.45) is 7.05 Å². The summed E-state index contributed by atoms with van der Waals surface area (Å²) in [6, 6.07) is 0. The molecule has 0 saturated heterocycles. The maximum Gasteiger partial charge on any atom is 0.201 e. The highest BCUT2D eigenvalue weighted by Gasteiger charge is 2.18. The molecule has 6 nitrogen and oxygen atoms in total. The summed E-state index contributed by atoms with van der Waals surface area (Å²) in [7, 11) is 1.77. The molecule has 0 aliphatic carbocycles. The lowest BCUT2D eigenvalue weighted by Crippen LogP contribution is -2.04. The number of hydrogen-bond donors (Lipinski definition) is 2. The van der Waals surface area contributed by atoms with E-state index in [1.54, 1.807) is 24.9 Å². The molecule has 2 aromatic rings. The number of carbonyl (C=O) groups excluding carboxylic acids is 1. The molecule has 3 N–H and O–H groups in total. The monoisotopic (exact) mass is 205 g/mol. The fraction of sp³-hybridized carbons (Fsp3) is 0.222. The molecule has 2 aromatic heterocycles. The average Bonchev–Trinajstić information content (AvgIpc) is 2.71. The SMILES string of the molecule is Cc1nn(C)cc1C(=O)c1cn[nH]c1N. The van der Waals surface area contributed by atoms with Crippen LogP contribution in [0.1, 0.15) is 21.6 Å². The Morgan fingerprint density at radius 1 is 1.53 bits per heavy atom. The first-order valence-corrected chi connectivity index (χ1v) is 4.43. The summed E-state index contributed by atoms with van der Waals surface area (Å²) in [5.41, 5.74) is 7.18. The molecule has 0 atom stereocenters. The number of H-pyrrole nitrogens is 1. The number of rotatable bonds is 2. The van der Waals surface area contributed by atoms with E-state index in [0.717, 1.165) is 0 Å². The van der Waals surface area contributed by atoms with E-state index in [1.807, 2.05) is 0 Å². The fourth-order valence-electron chi connectivity index (χ4n) is 1.44. The predicted molar refractivity (Wildman–Crippen MR) is 54.4 cm³/mol. The molecule has 2 rings (SSSR count). The molecule has 6 heteroatoms. The molecular weight excluding hydrogens is 194 g/mol. The maximum absolute atomic E-state index is 12.0. The summed E-state index contributed by atoms with van der Waals surface area (Å²) in [5.74, 6) is 0.120. The van der Waals surface area contributed by atoms with Crippen molar-refractivity contribution in [2.45, 2.75) is 6.92 Å². The summed E-state index contributed by atoms with van der Waals surface area (Å²) in [4.78, 5) is 12.0. The summed E-state index contributed by atoms with van der Waals surface area (Å²) >= 11 is 0. The summed E-state index contributed by atoms with van der Waals surface area (Å²) in [6.07, 6.45) is 3.09. The van der Waals surface area contributed by atoms with E-state index < -0.39 is 0 Å². The van der Waals surface area contributed by atoms with Crippen molar-refractivity contribution in [3.8, 4) is 0 Å². The molecule has 0 fully saturated rings. The second-order valence-corrected chi connectivity index (χ2v) is 3.33. The molecule has 0 aromatic carbocycles. The van der Waals surface area contributed by atoms with Crippen LogP contribution in [0.25, 0.3) is 0 Å². The number of carbonyl (C=O) groups is 1. The van der Waals surface area contributed by atoms with Gasteiger partial charge in [-0.25, -0.2) is 0 Å². The standard InChI is InChI=1S/C9H11N5O/c1-5-7(4-14(2)13-5)8(15)6-3-11-12-9(6)10/h3-4H,1-2H3,(H3,10,11,12).